The SMILES string of the molecule is CN1C(=O)CCc2cc(-c3cnc(Cl)cc3N3CCC[C@H](NC(=O)OC(C)(C)C)C3)ccc21. The molecule has 0 bridgehead atoms. The summed E-state index contributed by atoms with van der Waals surface area (Å²) in [4.78, 5) is 32.7. The minimum atomic E-state index is -0.532. The Kier molecular flexibility index (Phi) is 6.52. The summed E-state index contributed by atoms with van der Waals surface area (Å²) in [5.74, 6) is 0.140. The molecule has 2 amide bonds. The van der Waals surface area contributed by atoms with Crippen molar-refractivity contribution in [3.63, 3.8) is 0 Å². The number of hydrogen-bond donors (Lipinski definition) is 1. The van der Waals surface area contributed by atoms with Crippen molar-refractivity contribution >= 4 is 35.0 Å². The van der Waals surface area contributed by atoms with Crippen LogP contribution in [0.5, 0.6) is 0 Å². The molecule has 33 heavy (non-hydrogen) atoms. The van der Waals surface area contributed by atoms with Gasteiger partial charge in [-0.2, -0.15) is 0 Å². The van der Waals surface area contributed by atoms with Crippen LogP contribution in [0.2, 0.25) is 5.15 Å². The van der Waals surface area contributed by atoms with Crippen LogP contribution in [0.25, 0.3) is 11.1 Å². The number of pyridine rings is 1. The zero-order valence-electron chi connectivity index (χ0n) is 19.7. The van der Waals surface area contributed by atoms with Gasteiger partial charge in [-0.1, -0.05) is 17.7 Å². The predicted molar refractivity (Wildman–Crippen MR) is 131 cm³/mol. The molecule has 0 unspecified atom stereocenters. The maximum absolute atomic E-state index is 12.3. The molecule has 1 aromatic heterocycles. The number of amides is 2. The highest BCUT2D eigenvalue weighted by molar-refractivity contribution is 6.29. The number of alkyl carbamates (subject to hydrolysis) is 1. The lowest BCUT2D eigenvalue weighted by atomic mass is 9.95. The highest BCUT2D eigenvalue weighted by Gasteiger charge is 2.27. The predicted octanol–water partition coefficient (Wildman–Crippen LogP) is 4.80. The average Bonchev–Trinajstić information content (AvgIpc) is 2.75. The smallest absolute Gasteiger partial charge is 0.407 e. The molecule has 2 aromatic rings. The number of rotatable bonds is 3. The molecule has 0 radical (unpaired) electrons. The monoisotopic (exact) mass is 470 g/mol. The Morgan fingerprint density at radius 1 is 1.21 bits per heavy atom. The number of hydrogen-bond acceptors (Lipinski definition) is 5. The standard InChI is InChI=1S/C25H31ClN4O3/c1-25(2,3)33-24(32)28-18-6-5-11-30(15-18)21-13-22(26)27-14-19(21)16-7-9-20-17(12-16)8-10-23(31)29(20)4/h7,9,12-14,18H,5-6,8,10-11,15H2,1-4H3,(H,28,32)/t18-/m0/s1. The first-order valence-corrected chi connectivity index (χ1v) is 11.8. The number of anilines is 2. The Morgan fingerprint density at radius 2 is 2.00 bits per heavy atom. The van der Waals surface area contributed by atoms with Crippen molar-refractivity contribution in [2.45, 2.75) is 58.1 Å². The van der Waals surface area contributed by atoms with Gasteiger partial charge in [-0.3, -0.25) is 4.79 Å². The van der Waals surface area contributed by atoms with Gasteiger partial charge in [-0.15, -0.1) is 0 Å². The zero-order chi connectivity index (χ0) is 23.8. The number of aryl methyl sites for hydroxylation is 1. The third-order valence-corrected chi connectivity index (χ3v) is 6.27. The summed E-state index contributed by atoms with van der Waals surface area (Å²) in [7, 11) is 1.82. The van der Waals surface area contributed by atoms with Crippen molar-refractivity contribution in [2.24, 2.45) is 0 Å². The van der Waals surface area contributed by atoms with E-state index >= 15 is 0 Å². The molecule has 1 N–H and O–H groups in total. The van der Waals surface area contributed by atoms with Crippen LogP contribution in [0.3, 0.4) is 0 Å². The van der Waals surface area contributed by atoms with E-state index in [1.807, 2.05) is 52.2 Å². The number of carbonyl (C=O) groups is 2. The second kappa shape index (κ2) is 9.21. The summed E-state index contributed by atoms with van der Waals surface area (Å²) in [6, 6.07) is 8.05. The number of piperidine rings is 1. The van der Waals surface area contributed by atoms with Gasteiger partial charge >= 0.3 is 6.09 Å². The van der Waals surface area contributed by atoms with Crippen molar-refractivity contribution in [3.8, 4) is 11.1 Å². The van der Waals surface area contributed by atoms with Crippen LogP contribution >= 0.6 is 11.6 Å². The van der Waals surface area contributed by atoms with Gasteiger partial charge in [0.25, 0.3) is 0 Å². The quantitative estimate of drug-likeness (QED) is 0.652. The molecule has 0 aliphatic carbocycles. The van der Waals surface area contributed by atoms with Gasteiger partial charge in [0.05, 0.1) is 0 Å². The summed E-state index contributed by atoms with van der Waals surface area (Å²) in [6.07, 6.45) is 4.50. The fourth-order valence-electron chi connectivity index (χ4n) is 4.52. The molecule has 1 atom stereocenters. The molecular weight excluding hydrogens is 440 g/mol. The largest absolute Gasteiger partial charge is 0.444 e. The fraction of sp³-hybridized carbons (Fsp3) is 0.480. The van der Waals surface area contributed by atoms with Crippen LogP contribution in [0.4, 0.5) is 16.2 Å². The Hall–Kier alpha value is -2.80. The molecule has 8 heteroatoms. The first kappa shape index (κ1) is 23.4. The van der Waals surface area contributed by atoms with Crippen LogP contribution in [0.1, 0.15) is 45.6 Å². The van der Waals surface area contributed by atoms with Gasteiger partial charge in [0.15, 0.2) is 0 Å². The molecule has 2 aliphatic rings. The summed E-state index contributed by atoms with van der Waals surface area (Å²) < 4.78 is 5.44. The third-order valence-electron chi connectivity index (χ3n) is 6.07. The Balaban J connectivity index is 1.59. The van der Waals surface area contributed by atoms with Crippen LogP contribution in [0.15, 0.2) is 30.5 Å². The summed E-state index contributed by atoms with van der Waals surface area (Å²) in [5.41, 5.74) is 4.59. The molecular formula is C25H31ClN4O3. The minimum Gasteiger partial charge on any atom is -0.444 e. The number of aromatic nitrogens is 1. The lowest BCUT2D eigenvalue weighted by Crippen LogP contribution is -2.49. The number of halogens is 1. The highest BCUT2D eigenvalue weighted by atomic mass is 35.5. The van der Waals surface area contributed by atoms with E-state index in [4.69, 9.17) is 16.3 Å². The first-order valence-electron chi connectivity index (χ1n) is 11.4. The second-order valence-corrected chi connectivity index (χ2v) is 10.1. The van der Waals surface area contributed by atoms with Gasteiger partial charge in [0, 0.05) is 55.7 Å². The molecule has 4 rings (SSSR count). The molecule has 0 spiro atoms. The van der Waals surface area contributed by atoms with E-state index in [-0.39, 0.29) is 11.9 Å². The van der Waals surface area contributed by atoms with Gasteiger partial charge in [0.1, 0.15) is 10.8 Å². The average molecular weight is 471 g/mol. The van der Waals surface area contributed by atoms with Crippen LogP contribution in [-0.4, -0.2) is 48.8 Å². The summed E-state index contributed by atoms with van der Waals surface area (Å²) in [6.45, 7) is 7.10. The molecule has 176 valence electrons. The van der Waals surface area contributed by atoms with Gasteiger partial charge in [-0.25, -0.2) is 9.78 Å². The second-order valence-electron chi connectivity index (χ2n) is 9.75. The molecule has 0 saturated carbocycles. The van der Waals surface area contributed by atoms with Crippen LogP contribution in [0, 0.1) is 0 Å². The number of benzene rings is 1. The maximum Gasteiger partial charge on any atom is 0.407 e. The van der Waals surface area contributed by atoms with Crippen LogP contribution < -0.4 is 15.1 Å². The van der Waals surface area contributed by atoms with Gasteiger partial charge in [0.2, 0.25) is 5.91 Å². The molecule has 1 aromatic carbocycles. The number of nitrogens with one attached hydrogen (secondary N) is 1. The molecule has 7 nitrogen and oxygen atoms in total. The topological polar surface area (TPSA) is 74.8 Å². The van der Waals surface area contributed by atoms with E-state index < -0.39 is 11.7 Å². The van der Waals surface area contributed by atoms with E-state index in [2.05, 4.69) is 21.3 Å². The lowest BCUT2D eigenvalue weighted by molar-refractivity contribution is -0.118. The van der Waals surface area contributed by atoms with E-state index in [0.29, 0.717) is 18.1 Å². The fourth-order valence-corrected chi connectivity index (χ4v) is 4.67. The van der Waals surface area contributed by atoms with Crippen molar-refractivity contribution < 1.29 is 14.3 Å². The number of carbonyl (C=O) groups excluding carboxylic acids is 2. The number of ether oxygens (including phenoxy) is 1. The van der Waals surface area contributed by atoms with Gasteiger partial charge in [-0.05, 0) is 69.4 Å². The highest BCUT2D eigenvalue weighted by Crippen LogP contribution is 2.37. The third kappa shape index (κ3) is 5.41. The van der Waals surface area contributed by atoms with E-state index in [0.717, 1.165) is 53.9 Å². The lowest BCUT2D eigenvalue weighted by Gasteiger charge is -2.36. The first-order chi connectivity index (χ1) is 15.6. The van der Waals surface area contributed by atoms with E-state index in [1.54, 1.807) is 4.90 Å². The summed E-state index contributed by atoms with van der Waals surface area (Å²) >= 11 is 6.30. The van der Waals surface area contributed by atoms with Gasteiger partial charge < -0.3 is 19.9 Å². The Morgan fingerprint density at radius 3 is 2.76 bits per heavy atom. The normalized spacial score (nSPS) is 18.7. The van der Waals surface area contributed by atoms with Crippen molar-refractivity contribution in [3.05, 3.63) is 41.2 Å². The Labute approximate surface area is 200 Å². The van der Waals surface area contributed by atoms with Crippen molar-refractivity contribution in [1.29, 1.82) is 0 Å². The zero-order valence-corrected chi connectivity index (χ0v) is 20.4. The van der Waals surface area contributed by atoms with Crippen LogP contribution in [-0.2, 0) is 16.0 Å². The summed E-state index contributed by atoms with van der Waals surface area (Å²) in [5, 5.41) is 3.44. The molecule has 1 fully saturated rings. The Bertz CT molecular complexity index is 1070. The van der Waals surface area contributed by atoms with E-state index in [1.165, 1.54) is 0 Å². The van der Waals surface area contributed by atoms with E-state index in [9.17, 15) is 9.59 Å². The molecule has 1 saturated heterocycles. The molecule has 3 heterocycles. The molecule has 2 aliphatic heterocycles. The van der Waals surface area contributed by atoms with Crippen molar-refractivity contribution in [2.75, 3.05) is 29.9 Å². The number of fused-ring (bicyclic) bond motifs is 1. The minimum absolute atomic E-state index is 0.0171. The maximum atomic E-state index is 12.3. The number of nitrogens with zero attached hydrogens (tertiary/aromatic N) is 3. The van der Waals surface area contributed by atoms with Crippen molar-refractivity contribution in [1.82, 2.24) is 10.3 Å².